The number of aromatic nitrogens is 1. The molecule has 0 bridgehead atoms. The molecular formula is C28H27BrN4O5S2. The Kier molecular flexibility index (Phi) is 9.76. The minimum atomic E-state index is -3.62. The number of carbonyl (C=O) groups is 2. The SMILES string of the molecule is Cc1nc(SCC(=O)Nc2ccc(S(=O)(=O)N3CCOCC3)cc2)c(C#N)c(C)c1CC(=O)c1ccc(Br)cc1. The number of ketones is 1. The fourth-order valence-corrected chi connectivity index (χ4v) is 6.79. The number of hydrogen-bond acceptors (Lipinski definition) is 8. The van der Waals surface area contributed by atoms with E-state index in [0.29, 0.717) is 65.0 Å². The second kappa shape index (κ2) is 13.1. The van der Waals surface area contributed by atoms with Crippen molar-refractivity contribution in [3.63, 3.8) is 0 Å². The standard InChI is InChI=1S/C28H27BrN4O5S2/c1-18-24(15-26(34)20-3-5-21(29)6-4-20)19(2)31-28(25(18)16-30)39-17-27(35)32-22-7-9-23(10-8-22)40(36,37)33-11-13-38-14-12-33/h3-10H,11-15,17H2,1-2H3,(H,32,35). The smallest absolute Gasteiger partial charge is 0.243 e. The van der Waals surface area contributed by atoms with Gasteiger partial charge in [-0.05, 0) is 61.4 Å². The van der Waals surface area contributed by atoms with E-state index in [4.69, 9.17) is 4.74 Å². The molecule has 9 nitrogen and oxygen atoms in total. The first-order valence-electron chi connectivity index (χ1n) is 12.4. The van der Waals surface area contributed by atoms with Crippen molar-refractivity contribution < 1.29 is 22.7 Å². The van der Waals surface area contributed by atoms with Crippen molar-refractivity contribution in [2.75, 3.05) is 37.4 Å². The Morgan fingerprint density at radius 2 is 1.75 bits per heavy atom. The van der Waals surface area contributed by atoms with E-state index in [0.717, 1.165) is 16.2 Å². The zero-order valence-electron chi connectivity index (χ0n) is 21.9. The number of benzene rings is 2. The molecule has 4 rings (SSSR count). The number of thioether (sulfide) groups is 1. The molecule has 0 radical (unpaired) electrons. The van der Waals surface area contributed by atoms with Crippen molar-refractivity contribution in [2.45, 2.75) is 30.2 Å². The maximum Gasteiger partial charge on any atom is 0.243 e. The number of halogens is 1. The number of ether oxygens (including phenoxy) is 1. The lowest BCUT2D eigenvalue weighted by molar-refractivity contribution is -0.113. The first-order chi connectivity index (χ1) is 19.1. The summed E-state index contributed by atoms with van der Waals surface area (Å²) < 4.78 is 33.1. The lowest BCUT2D eigenvalue weighted by Crippen LogP contribution is -2.40. The van der Waals surface area contributed by atoms with Gasteiger partial charge in [0.15, 0.2) is 5.78 Å². The number of Topliss-reactive ketones (excluding diaryl/α,β-unsaturated/α-hetero) is 1. The molecule has 40 heavy (non-hydrogen) atoms. The van der Waals surface area contributed by atoms with E-state index >= 15 is 0 Å². The Morgan fingerprint density at radius 3 is 2.38 bits per heavy atom. The molecule has 0 spiro atoms. The molecule has 1 aliphatic heterocycles. The summed E-state index contributed by atoms with van der Waals surface area (Å²) in [6.45, 7) is 4.90. The summed E-state index contributed by atoms with van der Waals surface area (Å²) >= 11 is 4.49. The molecule has 2 heterocycles. The molecular weight excluding hydrogens is 616 g/mol. The van der Waals surface area contributed by atoms with Gasteiger partial charge in [0, 0.05) is 40.9 Å². The Morgan fingerprint density at radius 1 is 1.10 bits per heavy atom. The quantitative estimate of drug-likeness (QED) is 0.267. The average molecular weight is 644 g/mol. The number of sulfonamides is 1. The molecule has 1 N–H and O–H groups in total. The molecule has 1 aliphatic rings. The number of rotatable bonds is 9. The van der Waals surface area contributed by atoms with E-state index < -0.39 is 10.0 Å². The number of nitrogens with zero attached hydrogens (tertiary/aromatic N) is 3. The highest BCUT2D eigenvalue weighted by Gasteiger charge is 2.26. The number of pyridine rings is 1. The van der Waals surface area contributed by atoms with E-state index in [1.54, 1.807) is 50.2 Å². The fourth-order valence-electron chi connectivity index (χ4n) is 4.23. The number of nitriles is 1. The van der Waals surface area contributed by atoms with Crippen LogP contribution < -0.4 is 5.32 Å². The van der Waals surface area contributed by atoms with Gasteiger partial charge in [0.1, 0.15) is 11.1 Å². The highest BCUT2D eigenvalue weighted by Crippen LogP contribution is 2.28. The van der Waals surface area contributed by atoms with Crippen LogP contribution in [-0.4, -0.2) is 61.5 Å². The number of hydrogen-bond donors (Lipinski definition) is 1. The van der Waals surface area contributed by atoms with Crippen molar-refractivity contribution in [2.24, 2.45) is 0 Å². The predicted octanol–water partition coefficient (Wildman–Crippen LogP) is 4.51. The third kappa shape index (κ3) is 6.97. The lowest BCUT2D eigenvalue weighted by atomic mass is 9.96. The molecule has 0 aliphatic carbocycles. The summed E-state index contributed by atoms with van der Waals surface area (Å²) in [5.41, 5.74) is 3.35. The van der Waals surface area contributed by atoms with Crippen molar-refractivity contribution >= 4 is 55.1 Å². The van der Waals surface area contributed by atoms with Gasteiger partial charge in [0.2, 0.25) is 15.9 Å². The van der Waals surface area contributed by atoms with Crippen LogP contribution in [0, 0.1) is 25.2 Å². The van der Waals surface area contributed by atoms with Gasteiger partial charge < -0.3 is 10.1 Å². The molecule has 12 heteroatoms. The Bertz CT molecular complexity index is 1560. The van der Waals surface area contributed by atoms with E-state index in [-0.39, 0.29) is 28.8 Å². The Labute approximate surface area is 246 Å². The molecule has 2 aromatic carbocycles. The van der Waals surface area contributed by atoms with Crippen molar-refractivity contribution in [3.05, 3.63) is 81.0 Å². The number of aryl methyl sites for hydroxylation is 1. The zero-order chi connectivity index (χ0) is 28.9. The van der Waals surface area contributed by atoms with Crippen LogP contribution in [0.5, 0.6) is 0 Å². The third-order valence-electron chi connectivity index (χ3n) is 6.45. The largest absolute Gasteiger partial charge is 0.379 e. The van der Waals surface area contributed by atoms with Crippen LogP contribution in [-0.2, 0) is 26.0 Å². The van der Waals surface area contributed by atoms with Gasteiger partial charge >= 0.3 is 0 Å². The zero-order valence-corrected chi connectivity index (χ0v) is 25.2. The maximum atomic E-state index is 12.8. The summed E-state index contributed by atoms with van der Waals surface area (Å²) in [7, 11) is -3.62. The van der Waals surface area contributed by atoms with E-state index in [9.17, 15) is 23.3 Å². The van der Waals surface area contributed by atoms with Gasteiger partial charge in [-0.2, -0.15) is 9.57 Å². The summed E-state index contributed by atoms with van der Waals surface area (Å²) in [4.78, 5) is 30.2. The number of morpholine rings is 1. The molecule has 3 aromatic rings. The monoisotopic (exact) mass is 642 g/mol. The highest BCUT2D eigenvalue weighted by molar-refractivity contribution is 9.10. The first kappa shape index (κ1) is 29.9. The van der Waals surface area contributed by atoms with Crippen LogP contribution in [0.25, 0.3) is 0 Å². The molecule has 0 atom stereocenters. The number of carbonyl (C=O) groups excluding carboxylic acids is 2. The van der Waals surface area contributed by atoms with Gasteiger partial charge in [0.05, 0.1) is 29.4 Å². The number of anilines is 1. The fraction of sp³-hybridized carbons (Fsp3) is 0.286. The second-order valence-corrected chi connectivity index (χ2v) is 12.9. The van der Waals surface area contributed by atoms with Gasteiger partial charge in [-0.1, -0.05) is 39.8 Å². The van der Waals surface area contributed by atoms with Crippen LogP contribution in [0.3, 0.4) is 0 Å². The normalized spacial score (nSPS) is 13.9. The molecule has 1 aromatic heterocycles. The molecule has 208 valence electrons. The van der Waals surface area contributed by atoms with Gasteiger partial charge in [0.25, 0.3) is 0 Å². The molecule has 0 saturated carbocycles. The van der Waals surface area contributed by atoms with E-state index in [2.05, 4.69) is 32.3 Å². The molecule has 1 fully saturated rings. The summed E-state index contributed by atoms with van der Waals surface area (Å²) in [5, 5.41) is 13.0. The number of amides is 1. The van der Waals surface area contributed by atoms with E-state index in [1.807, 2.05) is 0 Å². The lowest BCUT2D eigenvalue weighted by Gasteiger charge is -2.26. The third-order valence-corrected chi connectivity index (χ3v) is 9.87. The first-order valence-corrected chi connectivity index (χ1v) is 15.6. The minimum Gasteiger partial charge on any atom is -0.379 e. The molecule has 0 unspecified atom stereocenters. The van der Waals surface area contributed by atoms with Crippen LogP contribution >= 0.6 is 27.7 Å². The van der Waals surface area contributed by atoms with Crippen LogP contribution in [0.15, 0.2) is 62.9 Å². The Hall–Kier alpha value is -3.08. The predicted molar refractivity (Wildman–Crippen MR) is 156 cm³/mol. The summed E-state index contributed by atoms with van der Waals surface area (Å²) in [6, 6.07) is 15.3. The van der Waals surface area contributed by atoms with Gasteiger partial charge in [-0.3, -0.25) is 9.59 Å². The molecule has 1 amide bonds. The number of nitrogens with one attached hydrogen (secondary N) is 1. The maximum absolute atomic E-state index is 12.8. The van der Waals surface area contributed by atoms with Gasteiger partial charge in [-0.15, -0.1) is 0 Å². The van der Waals surface area contributed by atoms with E-state index in [1.165, 1.54) is 16.4 Å². The van der Waals surface area contributed by atoms with Crippen LogP contribution in [0.1, 0.15) is 32.7 Å². The second-order valence-electron chi connectivity index (χ2n) is 9.08. The highest BCUT2D eigenvalue weighted by atomic mass is 79.9. The van der Waals surface area contributed by atoms with Crippen molar-refractivity contribution in [1.29, 1.82) is 5.26 Å². The van der Waals surface area contributed by atoms with Crippen molar-refractivity contribution in [1.82, 2.24) is 9.29 Å². The average Bonchev–Trinajstić information content (AvgIpc) is 2.95. The molecule has 1 saturated heterocycles. The summed E-state index contributed by atoms with van der Waals surface area (Å²) in [6.07, 6.45) is 0.115. The van der Waals surface area contributed by atoms with Crippen molar-refractivity contribution in [3.8, 4) is 6.07 Å². The van der Waals surface area contributed by atoms with Crippen LogP contribution in [0.4, 0.5) is 5.69 Å². The van der Waals surface area contributed by atoms with Gasteiger partial charge in [-0.25, -0.2) is 13.4 Å². The Balaban J connectivity index is 1.40. The topological polar surface area (TPSA) is 129 Å². The van der Waals surface area contributed by atoms with Crippen LogP contribution in [0.2, 0.25) is 0 Å². The minimum absolute atomic E-state index is 0.00837. The summed E-state index contributed by atoms with van der Waals surface area (Å²) in [5.74, 6) is -0.414.